The second-order valence-electron chi connectivity index (χ2n) is 5.81. The van der Waals surface area contributed by atoms with E-state index in [9.17, 15) is 0 Å². The lowest BCUT2D eigenvalue weighted by Crippen LogP contribution is -2.49. The Morgan fingerprint density at radius 2 is 2.05 bits per heavy atom. The summed E-state index contributed by atoms with van der Waals surface area (Å²) in [6.07, 6.45) is 6.51. The third-order valence-electron chi connectivity index (χ3n) is 4.56. The molecule has 2 N–H and O–H groups in total. The highest BCUT2D eigenvalue weighted by atomic mass is 16.5. The molecule has 4 nitrogen and oxygen atoms in total. The van der Waals surface area contributed by atoms with Crippen LogP contribution in [0.3, 0.4) is 0 Å². The first-order chi connectivity index (χ1) is 9.65. The highest BCUT2D eigenvalue weighted by molar-refractivity contribution is 5.14. The van der Waals surface area contributed by atoms with Crippen molar-refractivity contribution in [1.82, 2.24) is 9.78 Å². The van der Waals surface area contributed by atoms with Crippen LogP contribution in [-0.2, 0) is 24.1 Å². The van der Waals surface area contributed by atoms with Crippen LogP contribution in [-0.4, -0.2) is 28.0 Å². The molecule has 1 unspecified atom stereocenters. The van der Waals surface area contributed by atoms with Gasteiger partial charge in [0.2, 0.25) is 0 Å². The molecule has 20 heavy (non-hydrogen) atoms. The van der Waals surface area contributed by atoms with Gasteiger partial charge in [-0.2, -0.15) is 5.10 Å². The number of ether oxygens (including phenoxy) is 1. The van der Waals surface area contributed by atoms with Crippen molar-refractivity contribution in [1.29, 1.82) is 0 Å². The normalized spacial score (nSPS) is 19.4. The van der Waals surface area contributed by atoms with Gasteiger partial charge in [-0.05, 0) is 39.2 Å². The van der Waals surface area contributed by atoms with Gasteiger partial charge in [-0.1, -0.05) is 19.8 Å². The summed E-state index contributed by atoms with van der Waals surface area (Å²) in [5.41, 5.74) is 8.84. The second kappa shape index (κ2) is 6.72. The monoisotopic (exact) mass is 279 g/mol. The zero-order valence-corrected chi connectivity index (χ0v) is 13.2. The Kier molecular flexibility index (Phi) is 5.22. The summed E-state index contributed by atoms with van der Waals surface area (Å²) in [4.78, 5) is 0. The predicted molar refractivity (Wildman–Crippen MR) is 81.8 cm³/mol. The maximum Gasteiger partial charge on any atom is 0.0836 e. The van der Waals surface area contributed by atoms with E-state index < -0.39 is 0 Å². The smallest absolute Gasteiger partial charge is 0.0836 e. The molecule has 0 spiro atoms. The van der Waals surface area contributed by atoms with Gasteiger partial charge in [0, 0.05) is 31.3 Å². The SMILES string of the molecule is CCOC1(C(N)Cc2cc(CC)nn2CC)CCCC1. The average Bonchev–Trinajstić information content (AvgIpc) is 3.06. The summed E-state index contributed by atoms with van der Waals surface area (Å²) < 4.78 is 8.17. The molecule has 1 aromatic heterocycles. The van der Waals surface area contributed by atoms with Gasteiger partial charge in [0.1, 0.15) is 0 Å². The second-order valence-corrected chi connectivity index (χ2v) is 5.81. The van der Waals surface area contributed by atoms with Crippen LogP contribution in [0, 0.1) is 0 Å². The molecule has 1 saturated carbocycles. The number of rotatable bonds is 7. The molecule has 0 aliphatic heterocycles. The number of hydrogen-bond donors (Lipinski definition) is 1. The van der Waals surface area contributed by atoms with Crippen LogP contribution in [0.15, 0.2) is 6.07 Å². The highest BCUT2D eigenvalue weighted by Crippen LogP contribution is 2.36. The van der Waals surface area contributed by atoms with E-state index in [0.717, 1.165) is 44.5 Å². The molecule has 4 heteroatoms. The molecule has 1 aliphatic carbocycles. The fourth-order valence-electron chi connectivity index (χ4n) is 3.42. The zero-order chi connectivity index (χ0) is 14.6. The van der Waals surface area contributed by atoms with Gasteiger partial charge in [-0.25, -0.2) is 0 Å². The molecule has 0 amide bonds. The first-order valence-electron chi connectivity index (χ1n) is 8.10. The minimum Gasteiger partial charge on any atom is -0.374 e. The summed E-state index contributed by atoms with van der Waals surface area (Å²) in [5.74, 6) is 0. The third-order valence-corrected chi connectivity index (χ3v) is 4.56. The predicted octanol–water partition coefficient (Wildman–Crippen LogP) is 2.68. The molecule has 0 radical (unpaired) electrons. The van der Waals surface area contributed by atoms with Crippen molar-refractivity contribution in [3.8, 4) is 0 Å². The van der Waals surface area contributed by atoms with Crippen LogP contribution in [0.25, 0.3) is 0 Å². The third kappa shape index (κ3) is 3.07. The van der Waals surface area contributed by atoms with E-state index in [1.54, 1.807) is 0 Å². The van der Waals surface area contributed by atoms with Crippen LogP contribution in [0.1, 0.15) is 57.8 Å². The van der Waals surface area contributed by atoms with E-state index in [4.69, 9.17) is 10.5 Å². The zero-order valence-electron chi connectivity index (χ0n) is 13.2. The summed E-state index contributed by atoms with van der Waals surface area (Å²) in [6, 6.07) is 2.27. The first kappa shape index (κ1) is 15.5. The van der Waals surface area contributed by atoms with Crippen molar-refractivity contribution in [2.75, 3.05) is 6.61 Å². The van der Waals surface area contributed by atoms with Crippen LogP contribution in [0.4, 0.5) is 0 Å². The Morgan fingerprint density at radius 1 is 1.35 bits per heavy atom. The van der Waals surface area contributed by atoms with Crippen LogP contribution in [0.5, 0.6) is 0 Å². The molecule has 1 aromatic rings. The lowest BCUT2D eigenvalue weighted by molar-refractivity contribution is -0.0528. The number of hydrogen-bond acceptors (Lipinski definition) is 3. The van der Waals surface area contributed by atoms with Crippen molar-refractivity contribution < 1.29 is 4.74 Å². The van der Waals surface area contributed by atoms with Crippen molar-refractivity contribution in [3.05, 3.63) is 17.5 Å². The van der Waals surface area contributed by atoms with Crippen molar-refractivity contribution in [2.45, 2.75) is 77.5 Å². The molecule has 0 bridgehead atoms. The Balaban J connectivity index is 2.13. The molecule has 0 aromatic carbocycles. The molecular formula is C16H29N3O. The summed E-state index contributed by atoms with van der Waals surface area (Å²) >= 11 is 0. The van der Waals surface area contributed by atoms with Gasteiger partial charge in [0.25, 0.3) is 0 Å². The number of aromatic nitrogens is 2. The lowest BCUT2D eigenvalue weighted by atomic mass is 9.89. The fraction of sp³-hybridized carbons (Fsp3) is 0.812. The van der Waals surface area contributed by atoms with E-state index in [-0.39, 0.29) is 11.6 Å². The Morgan fingerprint density at radius 3 is 2.60 bits per heavy atom. The van der Waals surface area contributed by atoms with Gasteiger partial charge < -0.3 is 10.5 Å². The molecule has 1 heterocycles. The van der Waals surface area contributed by atoms with Crippen molar-refractivity contribution in [2.24, 2.45) is 5.73 Å². The van der Waals surface area contributed by atoms with Crippen molar-refractivity contribution in [3.63, 3.8) is 0 Å². The minimum atomic E-state index is -0.107. The van der Waals surface area contributed by atoms with Crippen LogP contribution >= 0.6 is 0 Å². The van der Waals surface area contributed by atoms with Crippen LogP contribution < -0.4 is 5.73 Å². The molecule has 2 rings (SSSR count). The minimum absolute atomic E-state index is 0.0663. The van der Waals surface area contributed by atoms with Crippen LogP contribution in [0.2, 0.25) is 0 Å². The topological polar surface area (TPSA) is 53.1 Å². The molecule has 1 fully saturated rings. The highest BCUT2D eigenvalue weighted by Gasteiger charge is 2.40. The number of nitrogens with two attached hydrogens (primary N) is 1. The van der Waals surface area contributed by atoms with E-state index in [2.05, 4.69) is 36.6 Å². The molecule has 1 atom stereocenters. The fourth-order valence-corrected chi connectivity index (χ4v) is 3.42. The summed E-state index contributed by atoms with van der Waals surface area (Å²) in [7, 11) is 0. The van der Waals surface area contributed by atoms with Crippen molar-refractivity contribution >= 4 is 0 Å². The Hall–Kier alpha value is -0.870. The average molecular weight is 279 g/mol. The summed E-state index contributed by atoms with van der Waals surface area (Å²) in [6.45, 7) is 8.00. The number of nitrogens with zero attached hydrogens (tertiary/aromatic N) is 2. The molecular weight excluding hydrogens is 250 g/mol. The van der Waals surface area contributed by atoms with Gasteiger partial charge in [-0.3, -0.25) is 4.68 Å². The number of aryl methyl sites for hydroxylation is 2. The lowest BCUT2D eigenvalue weighted by Gasteiger charge is -2.35. The largest absolute Gasteiger partial charge is 0.374 e. The van der Waals surface area contributed by atoms with Gasteiger partial charge in [0.05, 0.1) is 11.3 Å². The Bertz CT molecular complexity index is 421. The molecule has 114 valence electrons. The standard InChI is InChI=1S/C16H29N3O/c1-4-13-11-14(19(5-2)18-13)12-15(17)16(20-6-3)9-7-8-10-16/h11,15H,4-10,12,17H2,1-3H3. The van der Waals surface area contributed by atoms with E-state index in [1.807, 2.05) is 0 Å². The Labute approximate surface area is 122 Å². The summed E-state index contributed by atoms with van der Waals surface area (Å²) in [5, 5.41) is 4.62. The van der Waals surface area contributed by atoms with Gasteiger partial charge in [-0.15, -0.1) is 0 Å². The maximum atomic E-state index is 6.54. The van der Waals surface area contributed by atoms with Gasteiger partial charge in [0.15, 0.2) is 0 Å². The van der Waals surface area contributed by atoms with E-state index >= 15 is 0 Å². The van der Waals surface area contributed by atoms with E-state index in [0.29, 0.717) is 0 Å². The van der Waals surface area contributed by atoms with E-state index in [1.165, 1.54) is 18.5 Å². The first-order valence-corrected chi connectivity index (χ1v) is 8.10. The molecule has 1 aliphatic rings. The maximum absolute atomic E-state index is 6.54. The molecule has 0 saturated heterocycles. The quantitative estimate of drug-likeness (QED) is 0.835. The van der Waals surface area contributed by atoms with Gasteiger partial charge >= 0.3 is 0 Å².